The number of rotatable bonds is 3. The molecule has 0 spiro atoms. The molecule has 2 aromatic heterocycles. The van der Waals surface area contributed by atoms with Crippen molar-refractivity contribution in [1.29, 1.82) is 0 Å². The van der Waals surface area contributed by atoms with Gasteiger partial charge in [-0.15, -0.1) is 0 Å². The molecule has 0 unspecified atom stereocenters. The summed E-state index contributed by atoms with van der Waals surface area (Å²) in [6.07, 6.45) is 3.40. The first-order valence-corrected chi connectivity index (χ1v) is 13.3. The van der Waals surface area contributed by atoms with Crippen molar-refractivity contribution in [3.05, 3.63) is 99.7 Å². The summed E-state index contributed by atoms with van der Waals surface area (Å²) in [7, 11) is 0. The lowest BCUT2D eigenvalue weighted by molar-refractivity contribution is -0.119. The predicted molar refractivity (Wildman–Crippen MR) is 152 cm³/mol. The Morgan fingerprint density at radius 1 is 1.07 bits per heavy atom. The third kappa shape index (κ3) is 5.83. The van der Waals surface area contributed by atoms with Gasteiger partial charge in [0.2, 0.25) is 5.91 Å². The Labute approximate surface area is 238 Å². The normalized spacial score (nSPS) is 17.0. The fraction of sp³-hybridized carbons (Fsp3) is 0.200. The molecule has 0 saturated carbocycles. The van der Waals surface area contributed by atoms with E-state index < -0.39 is 29.3 Å². The van der Waals surface area contributed by atoms with Crippen LogP contribution in [0.1, 0.15) is 37.9 Å². The number of anilines is 2. The number of carbonyl (C=O) groups is 2. The van der Waals surface area contributed by atoms with Crippen LogP contribution >= 0.6 is 11.6 Å². The number of amides is 2. The second kappa shape index (κ2) is 11.5. The van der Waals surface area contributed by atoms with E-state index in [1.807, 2.05) is 6.07 Å². The maximum Gasteiger partial charge on any atom is 0.409 e. The largest absolute Gasteiger partial charge is 0.465 e. The number of nitrogens with one attached hydrogen (secondary N) is 2. The van der Waals surface area contributed by atoms with Gasteiger partial charge in [-0.2, -0.15) is 0 Å². The molecule has 2 amide bonds. The van der Waals surface area contributed by atoms with Gasteiger partial charge in [0.25, 0.3) is 5.56 Å². The number of benzene rings is 2. The lowest BCUT2D eigenvalue weighted by Gasteiger charge is -2.23. The van der Waals surface area contributed by atoms with Crippen molar-refractivity contribution in [2.24, 2.45) is 5.92 Å². The second-order valence-corrected chi connectivity index (χ2v) is 10.3. The Hall–Kier alpha value is -4.57. The van der Waals surface area contributed by atoms with Crippen LogP contribution < -0.4 is 16.2 Å². The van der Waals surface area contributed by atoms with Crippen LogP contribution in [0.15, 0.2) is 71.8 Å². The summed E-state index contributed by atoms with van der Waals surface area (Å²) in [4.78, 5) is 42.1. The first-order chi connectivity index (χ1) is 19.6. The number of hydrogen-bond donors (Lipinski definition) is 3. The number of carboxylic acid groups (broad SMARTS) is 1. The zero-order chi connectivity index (χ0) is 29.3. The Balaban J connectivity index is 1.60. The van der Waals surface area contributed by atoms with Gasteiger partial charge in [-0.1, -0.05) is 31.0 Å². The summed E-state index contributed by atoms with van der Waals surface area (Å²) in [5.41, 5.74) is 1.82. The highest BCUT2D eigenvalue weighted by Gasteiger charge is 2.23. The fourth-order valence-electron chi connectivity index (χ4n) is 5.03. The summed E-state index contributed by atoms with van der Waals surface area (Å²) in [5, 5.41) is 14.1. The molecule has 11 heteroatoms. The van der Waals surface area contributed by atoms with Crippen LogP contribution in [0.2, 0.25) is 5.02 Å². The van der Waals surface area contributed by atoms with E-state index in [1.165, 1.54) is 22.9 Å². The lowest BCUT2D eigenvalue weighted by Crippen LogP contribution is -2.26. The Morgan fingerprint density at radius 3 is 2.63 bits per heavy atom. The van der Waals surface area contributed by atoms with Gasteiger partial charge >= 0.3 is 6.09 Å². The molecular weight excluding hydrogens is 554 g/mol. The first kappa shape index (κ1) is 28.0. The molecule has 3 N–H and O–H groups in total. The Kier molecular flexibility index (Phi) is 7.85. The van der Waals surface area contributed by atoms with Gasteiger partial charge in [-0.05, 0) is 66.4 Å². The molecule has 0 radical (unpaired) electrons. The first-order valence-electron chi connectivity index (χ1n) is 12.9. The van der Waals surface area contributed by atoms with Crippen LogP contribution in [-0.4, -0.2) is 26.7 Å². The minimum atomic E-state index is -1.23. The van der Waals surface area contributed by atoms with E-state index >= 15 is 0 Å². The number of nitrogens with zero attached hydrogens (tertiary/aromatic N) is 2. The molecule has 0 fully saturated rings. The summed E-state index contributed by atoms with van der Waals surface area (Å²) in [6.45, 7) is 1.79. The van der Waals surface area contributed by atoms with Crippen LogP contribution in [0.4, 0.5) is 25.0 Å². The molecule has 4 aromatic rings. The van der Waals surface area contributed by atoms with E-state index in [0.717, 1.165) is 12.1 Å². The van der Waals surface area contributed by atoms with E-state index in [9.17, 15) is 23.2 Å². The number of aromatic nitrogens is 2. The van der Waals surface area contributed by atoms with Crippen molar-refractivity contribution in [3.63, 3.8) is 0 Å². The molecule has 1 aliphatic heterocycles. The molecule has 2 atom stereocenters. The van der Waals surface area contributed by atoms with Crippen LogP contribution in [-0.2, 0) is 4.79 Å². The van der Waals surface area contributed by atoms with E-state index in [2.05, 4.69) is 15.6 Å². The topological polar surface area (TPSA) is 113 Å². The average Bonchev–Trinajstić information content (AvgIpc) is 2.93. The molecule has 2 aromatic carbocycles. The molecule has 1 aliphatic rings. The summed E-state index contributed by atoms with van der Waals surface area (Å²) in [5.74, 6) is -2.38. The third-order valence-electron chi connectivity index (χ3n) is 7.14. The fourth-order valence-corrected chi connectivity index (χ4v) is 5.18. The monoisotopic (exact) mass is 578 g/mol. The number of hydrogen-bond acceptors (Lipinski definition) is 4. The number of pyridine rings is 2. The lowest BCUT2D eigenvalue weighted by atomic mass is 9.95. The molecule has 2 bridgehead atoms. The number of fused-ring (bicyclic) bond motifs is 4. The van der Waals surface area contributed by atoms with Crippen molar-refractivity contribution in [2.45, 2.75) is 32.2 Å². The van der Waals surface area contributed by atoms with Gasteiger partial charge < -0.3 is 15.0 Å². The van der Waals surface area contributed by atoms with Gasteiger partial charge in [0.15, 0.2) is 5.82 Å². The number of halogens is 3. The second-order valence-electron chi connectivity index (χ2n) is 9.88. The zero-order valence-electron chi connectivity index (χ0n) is 21.8. The van der Waals surface area contributed by atoms with Crippen LogP contribution in [0.25, 0.3) is 22.3 Å². The maximum atomic E-state index is 14.7. The minimum Gasteiger partial charge on any atom is -0.465 e. The highest BCUT2D eigenvalue weighted by Crippen LogP contribution is 2.35. The smallest absolute Gasteiger partial charge is 0.409 e. The van der Waals surface area contributed by atoms with E-state index in [4.69, 9.17) is 16.7 Å². The van der Waals surface area contributed by atoms with Gasteiger partial charge in [0.1, 0.15) is 5.82 Å². The van der Waals surface area contributed by atoms with Crippen molar-refractivity contribution in [2.75, 3.05) is 10.6 Å². The molecule has 0 aliphatic carbocycles. The minimum absolute atomic E-state index is 0.0589. The van der Waals surface area contributed by atoms with Crippen molar-refractivity contribution in [3.8, 4) is 22.3 Å². The average molecular weight is 579 g/mol. The van der Waals surface area contributed by atoms with Gasteiger partial charge in [0.05, 0.1) is 28.0 Å². The molecule has 8 nitrogen and oxygen atoms in total. The van der Waals surface area contributed by atoms with E-state index in [1.54, 1.807) is 37.4 Å². The quantitative estimate of drug-likeness (QED) is 0.228. The van der Waals surface area contributed by atoms with Crippen molar-refractivity contribution < 1.29 is 23.5 Å². The molecule has 41 heavy (non-hydrogen) atoms. The zero-order valence-corrected chi connectivity index (χ0v) is 22.6. The van der Waals surface area contributed by atoms with E-state index in [0.29, 0.717) is 47.5 Å². The standard InChI is InChI=1S/C30H25ClF2N4O4/c1-16-3-2-4-25(37-12-10-18(14-26(37)38)27-22(32)8-7-21(31)28(27)33)24-13-17(9-11-34-24)20-6-5-19(35-30(40)41)15-23(20)36-29(16)39/h5-16,25,35H,2-4H2,1H3,(H,36,39)(H,40,41)/t16-,25+/m1/s1. The predicted octanol–water partition coefficient (Wildman–Crippen LogP) is 6.95. The van der Waals surface area contributed by atoms with Gasteiger partial charge in [-0.3, -0.25) is 19.9 Å². The Bertz CT molecular complexity index is 1730. The molecule has 210 valence electrons. The number of carbonyl (C=O) groups excluding carboxylic acids is 1. The summed E-state index contributed by atoms with van der Waals surface area (Å²) < 4.78 is 30.6. The Morgan fingerprint density at radius 2 is 1.88 bits per heavy atom. The van der Waals surface area contributed by atoms with Crippen molar-refractivity contribution >= 4 is 35.0 Å². The van der Waals surface area contributed by atoms with Gasteiger partial charge in [-0.25, -0.2) is 13.6 Å². The van der Waals surface area contributed by atoms with Crippen LogP contribution in [0, 0.1) is 17.6 Å². The SMILES string of the molecule is C[C@@H]1CCC[C@H](n2ccc(-c3c(F)ccc(Cl)c3F)cc2=O)c2cc(ccn2)-c2ccc(NC(=O)O)cc2NC1=O. The highest BCUT2D eigenvalue weighted by molar-refractivity contribution is 6.31. The molecular formula is C30H25ClF2N4O4. The molecule has 5 rings (SSSR count). The van der Waals surface area contributed by atoms with Crippen LogP contribution in [0.5, 0.6) is 0 Å². The van der Waals surface area contributed by atoms with Gasteiger partial charge in [0, 0.05) is 35.6 Å². The third-order valence-corrected chi connectivity index (χ3v) is 7.43. The highest BCUT2D eigenvalue weighted by atomic mass is 35.5. The van der Waals surface area contributed by atoms with Crippen LogP contribution in [0.3, 0.4) is 0 Å². The maximum absolute atomic E-state index is 14.7. The summed E-state index contributed by atoms with van der Waals surface area (Å²) in [6, 6.07) is 12.6. The molecule has 0 saturated heterocycles. The van der Waals surface area contributed by atoms with E-state index in [-0.39, 0.29) is 28.0 Å². The summed E-state index contributed by atoms with van der Waals surface area (Å²) >= 11 is 5.85. The molecule has 3 heterocycles. The van der Waals surface area contributed by atoms with Crippen molar-refractivity contribution in [1.82, 2.24) is 9.55 Å².